The van der Waals surface area contributed by atoms with Crippen LogP contribution in [0.5, 0.6) is 0 Å². The summed E-state index contributed by atoms with van der Waals surface area (Å²) in [5.41, 5.74) is 0. The summed E-state index contributed by atoms with van der Waals surface area (Å²) in [5, 5.41) is 3.30. The van der Waals surface area contributed by atoms with Crippen molar-refractivity contribution in [2.45, 2.75) is 34.1 Å². The zero-order valence-corrected chi connectivity index (χ0v) is 22.3. The molecule has 2 rings (SSSR count). The fraction of sp³-hybridized carbons (Fsp3) is 0.478. The van der Waals surface area contributed by atoms with Crippen LogP contribution in [0.15, 0.2) is 60.7 Å². The first-order chi connectivity index (χ1) is 12.2. The standard InChI is InChI=1S/C23H36P2.2BrH/c1-5-24(6-2,22-16-11-9-12-17-22)20-15-21-25(7-3,8-4)23-18-13-10-14-19-23;;/h9-14,16-19H,5-8,15,20-21H2,1-4H3;2*1H/q+2;;/p-2. The second-order valence-corrected chi connectivity index (χ2v) is 16.1. The van der Waals surface area contributed by atoms with Gasteiger partial charge in [-0.1, -0.05) is 36.4 Å². The third kappa shape index (κ3) is 6.64. The molecule has 0 aliphatic rings. The van der Waals surface area contributed by atoms with Crippen LogP contribution in [0.2, 0.25) is 0 Å². The van der Waals surface area contributed by atoms with Gasteiger partial charge >= 0.3 is 0 Å². The molecule has 0 saturated carbocycles. The quantitative estimate of drug-likeness (QED) is 0.381. The number of hydrogen-bond acceptors (Lipinski definition) is 0. The maximum Gasteiger partial charge on any atom is 0.0939 e. The van der Waals surface area contributed by atoms with E-state index in [9.17, 15) is 0 Å². The van der Waals surface area contributed by atoms with Gasteiger partial charge in [0, 0.05) is 20.9 Å². The largest absolute Gasteiger partial charge is 1.00 e. The predicted octanol–water partition coefficient (Wildman–Crippen LogP) is 0.150. The normalized spacial score (nSPS) is 11.4. The monoisotopic (exact) mass is 532 g/mol. The van der Waals surface area contributed by atoms with Crippen molar-refractivity contribution >= 4 is 25.1 Å². The van der Waals surface area contributed by atoms with Gasteiger partial charge in [-0.3, -0.25) is 0 Å². The lowest BCUT2D eigenvalue weighted by molar-refractivity contribution is -0.001000. The molecule has 0 aliphatic carbocycles. The summed E-state index contributed by atoms with van der Waals surface area (Å²) in [6, 6.07) is 22.8. The van der Waals surface area contributed by atoms with Crippen molar-refractivity contribution in [2.24, 2.45) is 0 Å². The van der Waals surface area contributed by atoms with E-state index in [2.05, 4.69) is 88.4 Å². The van der Waals surface area contributed by atoms with E-state index in [-0.39, 0.29) is 34.0 Å². The summed E-state index contributed by atoms with van der Waals surface area (Å²) in [4.78, 5) is 0. The van der Waals surface area contributed by atoms with Gasteiger partial charge in [-0.15, -0.1) is 0 Å². The molecule has 0 radical (unpaired) electrons. The Morgan fingerprint density at radius 2 is 0.815 bits per heavy atom. The highest BCUT2D eigenvalue weighted by molar-refractivity contribution is 7.83. The molecular formula is C23H36Br2P2. The van der Waals surface area contributed by atoms with Crippen molar-refractivity contribution in [3.8, 4) is 0 Å². The highest BCUT2D eigenvalue weighted by atomic mass is 79.9. The highest BCUT2D eigenvalue weighted by Crippen LogP contribution is 2.61. The minimum Gasteiger partial charge on any atom is -1.00 e. The lowest BCUT2D eigenvalue weighted by atomic mass is 10.4. The van der Waals surface area contributed by atoms with Crippen molar-refractivity contribution in [2.75, 3.05) is 37.0 Å². The molecule has 0 aromatic heterocycles. The van der Waals surface area contributed by atoms with Crippen LogP contribution in [0.25, 0.3) is 0 Å². The fourth-order valence-electron chi connectivity index (χ4n) is 4.23. The van der Waals surface area contributed by atoms with Gasteiger partial charge < -0.3 is 34.0 Å². The summed E-state index contributed by atoms with van der Waals surface area (Å²) in [6.07, 6.45) is 9.65. The number of rotatable bonds is 10. The Kier molecular flexibility index (Phi) is 13.6. The Hall–Kier alpha value is 0.260. The maximum absolute atomic E-state index is 2.42. The van der Waals surface area contributed by atoms with Crippen LogP contribution in [-0.2, 0) is 0 Å². The molecule has 2 aromatic carbocycles. The van der Waals surface area contributed by atoms with Crippen LogP contribution >= 0.6 is 14.5 Å². The third-order valence-corrected chi connectivity index (χ3v) is 16.2. The van der Waals surface area contributed by atoms with E-state index in [0.717, 1.165) is 0 Å². The first-order valence-electron chi connectivity index (χ1n) is 9.99. The van der Waals surface area contributed by atoms with E-state index in [1.165, 1.54) is 43.4 Å². The zero-order valence-electron chi connectivity index (χ0n) is 17.4. The van der Waals surface area contributed by atoms with Gasteiger partial charge in [0.2, 0.25) is 0 Å². The second kappa shape index (κ2) is 13.5. The van der Waals surface area contributed by atoms with Gasteiger partial charge in [-0.05, 0) is 52.0 Å². The van der Waals surface area contributed by atoms with Crippen LogP contribution in [0, 0.1) is 0 Å². The van der Waals surface area contributed by atoms with Crippen LogP contribution in [0.1, 0.15) is 34.1 Å². The minimum absolute atomic E-state index is 0. The van der Waals surface area contributed by atoms with Crippen LogP contribution in [0.3, 0.4) is 0 Å². The molecule has 27 heavy (non-hydrogen) atoms. The van der Waals surface area contributed by atoms with Gasteiger partial charge in [-0.2, -0.15) is 0 Å². The van der Waals surface area contributed by atoms with E-state index < -0.39 is 14.5 Å². The Morgan fingerprint density at radius 3 is 1.07 bits per heavy atom. The second-order valence-electron chi connectivity index (χ2n) is 7.03. The molecule has 0 amide bonds. The highest BCUT2D eigenvalue weighted by Gasteiger charge is 2.40. The molecule has 2 aromatic rings. The SMILES string of the molecule is CC[P+](CC)(CCC[P+](CC)(CC)c1ccccc1)c1ccccc1.[Br-].[Br-]. The molecular weight excluding hydrogens is 498 g/mol. The molecule has 0 heterocycles. The lowest BCUT2D eigenvalue weighted by Crippen LogP contribution is -3.00. The smallest absolute Gasteiger partial charge is 0.0939 e. The van der Waals surface area contributed by atoms with Crippen molar-refractivity contribution in [3.05, 3.63) is 60.7 Å². The van der Waals surface area contributed by atoms with Gasteiger partial charge in [-0.25, -0.2) is 0 Å². The zero-order chi connectivity index (χ0) is 18.2. The molecule has 0 bridgehead atoms. The van der Waals surface area contributed by atoms with E-state index >= 15 is 0 Å². The summed E-state index contributed by atoms with van der Waals surface area (Å²) in [6.45, 7) is 9.68. The third-order valence-electron chi connectivity index (χ3n) is 6.20. The van der Waals surface area contributed by atoms with Gasteiger partial charge in [0.05, 0.1) is 47.6 Å². The van der Waals surface area contributed by atoms with E-state index in [4.69, 9.17) is 0 Å². The van der Waals surface area contributed by atoms with Crippen LogP contribution in [0.4, 0.5) is 0 Å². The molecule has 4 heteroatoms. The molecule has 0 N–H and O–H groups in total. The van der Waals surface area contributed by atoms with Gasteiger partial charge in [0.15, 0.2) is 0 Å². The first-order valence-corrected chi connectivity index (χ1v) is 14.7. The summed E-state index contributed by atoms with van der Waals surface area (Å²) < 4.78 is 0. The summed E-state index contributed by atoms with van der Waals surface area (Å²) in [5.74, 6) is 0. The maximum atomic E-state index is 2.42. The van der Waals surface area contributed by atoms with Crippen molar-refractivity contribution in [1.29, 1.82) is 0 Å². The summed E-state index contributed by atoms with van der Waals surface area (Å²) in [7, 11) is -1.98. The predicted molar refractivity (Wildman–Crippen MR) is 123 cm³/mol. The topological polar surface area (TPSA) is 0 Å². The Morgan fingerprint density at radius 1 is 0.519 bits per heavy atom. The van der Waals surface area contributed by atoms with E-state index in [1.807, 2.05) is 0 Å². The molecule has 0 aliphatic heterocycles. The Bertz CT molecular complexity index is 553. The minimum atomic E-state index is -0.991. The number of benzene rings is 2. The lowest BCUT2D eigenvalue weighted by Gasteiger charge is -2.28. The van der Waals surface area contributed by atoms with Gasteiger partial charge in [0.1, 0.15) is 0 Å². The fourth-order valence-corrected chi connectivity index (χ4v) is 11.8. The average molecular weight is 534 g/mol. The molecule has 152 valence electrons. The molecule has 0 nitrogen and oxygen atoms in total. The van der Waals surface area contributed by atoms with Crippen molar-refractivity contribution in [1.82, 2.24) is 0 Å². The van der Waals surface area contributed by atoms with Crippen molar-refractivity contribution < 1.29 is 34.0 Å². The van der Waals surface area contributed by atoms with Crippen LogP contribution < -0.4 is 44.6 Å². The molecule has 0 fully saturated rings. The molecule has 0 saturated heterocycles. The number of halogens is 2. The molecule has 0 spiro atoms. The number of hydrogen-bond donors (Lipinski definition) is 0. The summed E-state index contributed by atoms with van der Waals surface area (Å²) >= 11 is 0. The molecule has 0 unspecified atom stereocenters. The van der Waals surface area contributed by atoms with Crippen molar-refractivity contribution in [3.63, 3.8) is 0 Å². The van der Waals surface area contributed by atoms with Crippen LogP contribution in [-0.4, -0.2) is 37.0 Å². The van der Waals surface area contributed by atoms with E-state index in [1.54, 1.807) is 10.6 Å². The Labute approximate surface area is 190 Å². The van der Waals surface area contributed by atoms with E-state index in [0.29, 0.717) is 0 Å². The molecule has 0 atom stereocenters. The average Bonchev–Trinajstić information content (AvgIpc) is 2.70. The van der Waals surface area contributed by atoms with Gasteiger partial charge in [0.25, 0.3) is 0 Å². The Balaban J connectivity index is 0.00000338. The first kappa shape index (κ1) is 27.3.